The summed E-state index contributed by atoms with van der Waals surface area (Å²) in [5.41, 5.74) is 21.1. The third kappa shape index (κ3) is 12.0. The molecule has 0 spiro atoms. The van der Waals surface area contributed by atoms with Gasteiger partial charge in [0, 0.05) is 6.54 Å². The SMILES string of the molecule is CC(C)C(NC(=O)C(CCCN=C(N)N)NC(=O)C(N)CC(N)=O)C(=O)NCC(=O)O. The van der Waals surface area contributed by atoms with Crippen LogP contribution in [0.3, 0.4) is 0 Å². The topological polar surface area (TPSA) is 258 Å². The first-order valence-electron chi connectivity index (χ1n) is 9.54. The lowest BCUT2D eigenvalue weighted by molar-refractivity contribution is -0.139. The summed E-state index contributed by atoms with van der Waals surface area (Å²) in [6, 6.07) is -3.43. The lowest BCUT2D eigenvalue weighted by atomic mass is 10.0. The number of carbonyl (C=O) groups is 5. The molecule has 0 aliphatic carbocycles. The molecule has 14 heteroatoms. The first kappa shape index (κ1) is 27.6. The number of nitrogens with two attached hydrogens (primary N) is 4. The van der Waals surface area contributed by atoms with Gasteiger partial charge in [-0.2, -0.15) is 0 Å². The lowest BCUT2D eigenvalue weighted by Crippen LogP contribution is -2.57. The van der Waals surface area contributed by atoms with E-state index in [1.807, 2.05) is 0 Å². The van der Waals surface area contributed by atoms with E-state index >= 15 is 0 Å². The van der Waals surface area contributed by atoms with E-state index in [1.54, 1.807) is 13.8 Å². The van der Waals surface area contributed by atoms with E-state index in [1.165, 1.54) is 0 Å². The highest BCUT2D eigenvalue weighted by atomic mass is 16.4. The number of hydrogen-bond donors (Lipinski definition) is 8. The van der Waals surface area contributed by atoms with Gasteiger partial charge in [0.2, 0.25) is 23.6 Å². The minimum atomic E-state index is -1.26. The number of nitrogens with zero attached hydrogens (tertiary/aromatic N) is 1. The Kier molecular flexibility index (Phi) is 12.2. The second-order valence-corrected chi connectivity index (χ2v) is 7.13. The predicted octanol–water partition coefficient (Wildman–Crippen LogP) is -3.93. The van der Waals surface area contributed by atoms with Crippen LogP contribution in [0.5, 0.6) is 0 Å². The zero-order chi connectivity index (χ0) is 24.1. The van der Waals surface area contributed by atoms with E-state index in [2.05, 4.69) is 20.9 Å². The van der Waals surface area contributed by atoms with E-state index in [4.69, 9.17) is 28.0 Å². The third-order valence-electron chi connectivity index (χ3n) is 4.00. The molecule has 0 aromatic rings. The minimum absolute atomic E-state index is 0.0964. The van der Waals surface area contributed by atoms with Crippen LogP contribution >= 0.6 is 0 Å². The third-order valence-corrected chi connectivity index (χ3v) is 4.00. The van der Waals surface area contributed by atoms with Gasteiger partial charge in [0.05, 0.1) is 12.5 Å². The van der Waals surface area contributed by atoms with Crippen molar-refractivity contribution in [2.45, 2.75) is 51.2 Å². The van der Waals surface area contributed by atoms with Gasteiger partial charge in [-0.25, -0.2) is 0 Å². The molecule has 0 aromatic heterocycles. The molecule has 0 heterocycles. The van der Waals surface area contributed by atoms with Gasteiger partial charge in [0.1, 0.15) is 18.6 Å². The van der Waals surface area contributed by atoms with Gasteiger partial charge >= 0.3 is 5.97 Å². The van der Waals surface area contributed by atoms with E-state index in [0.717, 1.165) is 0 Å². The van der Waals surface area contributed by atoms with Crippen LogP contribution in [0.25, 0.3) is 0 Å². The molecule has 0 aromatic carbocycles. The Balaban J connectivity index is 5.31. The van der Waals surface area contributed by atoms with Gasteiger partial charge in [-0.05, 0) is 18.8 Å². The van der Waals surface area contributed by atoms with Crippen molar-refractivity contribution >= 4 is 35.6 Å². The molecule has 0 bridgehead atoms. The minimum Gasteiger partial charge on any atom is -0.480 e. The van der Waals surface area contributed by atoms with E-state index in [0.29, 0.717) is 6.42 Å². The maximum absolute atomic E-state index is 12.8. The van der Waals surface area contributed by atoms with Crippen LogP contribution in [0, 0.1) is 5.92 Å². The summed E-state index contributed by atoms with van der Waals surface area (Å²) in [6.45, 7) is 2.88. The highest BCUT2D eigenvalue weighted by Gasteiger charge is 2.30. The molecule has 0 aliphatic heterocycles. The lowest BCUT2D eigenvalue weighted by Gasteiger charge is -2.25. The Morgan fingerprint density at radius 1 is 0.968 bits per heavy atom. The van der Waals surface area contributed by atoms with Crippen LogP contribution < -0.4 is 38.9 Å². The summed E-state index contributed by atoms with van der Waals surface area (Å²) < 4.78 is 0. The average molecular weight is 444 g/mol. The molecular formula is C17H32N8O6. The van der Waals surface area contributed by atoms with Crippen LogP contribution in [-0.4, -0.2) is 71.9 Å². The molecule has 0 rings (SSSR count). The number of aliphatic imine (C=N–C) groups is 1. The number of amides is 4. The summed E-state index contributed by atoms with van der Waals surface area (Å²) in [7, 11) is 0. The number of nitrogens with one attached hydrogen (secondary N) is 3. The first-order chi connectivity index (χ1) is 14.3. The quantitative estimate of drug-likeness (QED) is 0.0737. The largest absolute Gasteiger partial charge is 0.480 e. The van der Waals surface area contributed by atoms with Crippen LogP contribution in [0.1, 0.15) is 33.1 Å². The van der Waals surface area contributed by atoms with Crippen LogP contribution in [0.15, 0.2) is 4.99 Å². The highest BCUT2D eigenvalue weighted by Crippen LogP contribution is 2.06. The molecule has 176 valence electrons. The summed E-state index contributed by atoms with van der Waals surface area (Å²) in [6.07, 6.45) is -0.0154. The van der Waals surface area contributed by atoms with Crippen molar-refractivity contribution in [1.82, 2.24) is 16.0 Å². The van der Waals surface area contributed by atoms with E-state index in [9.17, 15) is 24.0 Å². The average Bonchev–Trinajstić information content (AvgIpc) is 2.64. The predicted molar refractivity (Wildman–Crippen MR) is 111 cm³/mol. The van der Waals surface area contributed by atoms with E-state index in [-0.39, 0.29) is 24.8 Å². The Labute approximate surface area is 179 Å². The normalized spacial score (nSPS) is 13.4. The zero-order valence-corrected chi connectivity index (χ0v) is 17.6. The van der Waals surface area contributed by atoms with Gasteiger partial charge in [-0.3, -0.25) is 29.0 Å². The van der Waals surface area contributed by atoms with Crippen molar-refractivity contribution in [2.24, 2.45) is 33.8 Å². The molecule has 31 heavy (non-hydrogen) atoms. The van der Waals surface area contributed by atoms with Crippen molar-refractivity contribution < 1.29 is 29.1 Å². The van der Waals surface area contributed by atoms with Gasteiger partial charge in [0.25, 0.3) is 0 Å². The smallest absolute Gasteiger partial charge is 0.322 e. The molecule has 0 aliphatic rings. The summed E-state index contributed by atoms with van der Waals surface area (Å²) >= 11 is 0. The number of guanidine groups is 1. The Morgan fingerprint density at radius 2 is 1.58 bits per heavy atom. The van der Waals surface area contributed by atoms with Gasteiger partial charge < -0.3 is 44.0 Å². The van der Waals surface area contributed by atoms with Crippen molar-refractivity contribution in [2.75, 3.05) is 13.1 Å². The zero-order valence-electron chi connectivity index (χ0n) is 17.6. The molecule has 0 radical (unpaired) electrons. The molecule has 0 fully saturated rings. The second-order valence-electron chi connectivity index (χ2n) is 7.13. The fourth-order valence-electron chi connectivity index (χ4n) is 2.42. The van der Waals surface area contributed by atoms with Crippen molar-refractivity contribution in [3.63, 3.8) is 0 Å². The summed E-state index contributed by atoms with van der Waals surface area (Å²) in [5.74, 6) is -4.72. The van der Waals surface area contributed by atoms with E-state index < -0.39 is 60.7 Å². The number of aliphatic carboxylic acids is 1. The molecule has 4 amide bonds. The molecule has 3 unspecified atom stereocenters. The first-order valence-corrected chi connectivity index (χ1v) is 9.54. The molecule has 0 saturated heterocycles. The Hall–Kier alpha value is -3.42. The van der Waals surface area contributed by atoms with Crippen molar-refractivity contribution in [3.8, 4) is 0 Å². The van der Waals surface area contributed by atoms with Crippen LogP contribution in [-0.2, 0) is 24.0 Å². The van der Waals surface area contributed by atoms with Gasteiger partial charge in [0.15, 0.2) is 5.96 Å². The number of hydrogen-bond acceptors (Lipinski definition) is 7. The molecule has 0 saturated carbocycles. The van der Waals surface area contributed by atoms with Crippen LogP contribution in [0.2, 0.25) is 0 Å². The summed E-state index contributed by atoms with van der Waals surface area (Å²) in [4.78, 5) is 62.7. The second kappa shape index (κ2) is 13.7. The van der Waals surface area contributed by atoms with Crippen LogP contribution in [0.4, 0.5) is 0 Å². The highest BCUT2D eigenvalue weighted by molar-refractivity contribution is 5.94. The number of carboxylic acid groups (broad SMARTS) is 1. The molecule has 3 atom stereocenters. The monoisotopic (exact) mass is 444 g/mol. The number of primary amides is 1. The Bertz CT molecular complexity index is 692. The van der Waals surface area contributed by atoms with Crippen molar-refractivity contribution in [3.05, 3.63) is 0 Å². The fraction of sp³-hybridized carbons (Fsp3) is 0.647. The number of carbonyl (C=O) groups excluding carboxylic acids is 4. The van der Waals surface area contributed by atoms with Gasteiger partial charge in [-0.1, -0.05) is 13.8 Å². The maximum Gasteiger partial charge on any atom is 0.322 e. The molecule has 14 nitrogen and oxygen atoms in total. The Morgan fingerprint density at radius 3 is 2.06 bits per heavy atom. The van der Waals surface area contributed by atoms with Crippen molar-refractivity contribution in [1.29, 1.82) is 0 Å². The summed E-state index contributed by atoms with van der Waals surface area (Å²) in [5, 5.41) is 15.8. The number of carboxylic acids is 1. The molecular weight excluding hydrogens is 412 g/mol. The molecule has 12 N–H and O–H groups in total. The maximum atomic E-state index is 12.8. The fourth-order valence-corrected chi connectivity index (χ4v) is 2.42. The standard InChI is InChI=1S/C17H32N8O6/c1-8(2)13(16(31)23-7-12(27)28)25-15(30)10(4-3-5-22-17(20)21)24-14(29)9(18)6-11(19)26/h8-10,13H,3-7,18H2,1-2H3,(H2,19,26)(H,23,31)(H,24,29)(H,25,30)(H,27,28)(H4,20,21,22). The number of rotatable bonds is 14. The van der Waals surface area contributed by atoms with Gasteiger partial charge in [-0.15, -0.1) is 0 Å².